The van der Waals surface area contributed by atoms with Gasteiger partial charge in [-0.15, -0.1) is 0 Å². The van der Waals surface area contributed by atoms with Gasteiger partial charge in [-0.25, -0.2) is 4.79 Å². The predicted octanol–water partition coefficient (Wildman–Crippen LogP) is 1.17. The van der Waals surface area contributed by atoms with Crippen molar-refractivity contribution < 1.29 is 27.5 Å². The van der Waals surface area contributed by atoms with Crippen molar-refractivity contribution in [3.05, 3.63) is 0 Å². The summed E-state index contributed by atoms with van der Waals surface area (Å²) in [7, 11) is 0. The monoisotopic (exact) mass is 256 g/mol. The Morgan fingerprint density at radius 2 is 1.88 bits per heavy atom. The Hall–Kier alpha value is -1.47. The maximum absolute atomic E-state index is 11.7. The van der Waals surface area contributed by atoms with Crippen molar-refractivity contribution in [1.29, 1.82) is 0 Å². The minimum Gasteiger partial charge on any atom is -0.440 e. The molecule has 0 aromatic heterocycles. The molecule has 100 valence electrons. The number of carbonyl (C=O) groups excluding carboxylic acids is 2. The van der Waals surface area contributed by atoms with E-state index in [2.05, 4.69) is 4.74 Å². The number of primary amides is 1. The standard InChI is InChI=1S/C9H15F3N2O3/c1-5(2)3-6(7(13)15)14-8(16)17-4-9(10,11)12/h5-6H,3-4H2,1-2H3,(H2,13,15)(H,14,16). The van der Waals surface area contributed by atoms with Crippen LogP contribution < -0.4 is 11.1 Å². The Morgan fingerprint density at radius 3 is 2.24 bits per heavy atom. The molecule has 0 aliphatic carbocycles. The zero-order valence-electron chi connectivity index (χ0n) is 9.50. The van der Waals surface area contributed by atoms with Crippen LogP contribution in [0.1, 0.15) is 20.3 Å². The highest BCUT2D eigenvalue weighted by Gasteiger charge is 2.30. The molecular formula is C9H15F3N2O3. The van der Waals surface area contributed by atoms with Crippen molar-refractivity contribution >= 4 is 12.0 Å². The molecule has 17 heavy (non-hydrogen) atoms. The third kappa shape index (κ3) is 8.35. The topological polar surface area (TPSA) is 81.4 Å². The smallest absolute Gasteiger partial charge is 0.422 e. The van der Waals surface area contributed by atoms with Crippen LogP contribution in [0, 0.1) is 5.92 Å². The molecule has 0 radical (unpaired) electrons. The van der Waals surface area contributed by atoms with Crippen molar-refractivity contribution in [2.45, 2.75) is 32.5 Å². The van der Waals surface area contributed by atoms with E-state index in [1.165, 1.54) is 0 Å². The largest absolute Gasteiger partial charge is 0.440 e. The molecule has 0 aliphatic rings. The van der Waals surface area contributed by atoms with Gasteiger partial charge in [-0.1, -0.05) is 13.8 Å². The number of nitrogens with two attached hydrogens (primary N) is 1. The fraction of sp³-hybridized carbons (Fsp3) is 0.778. The van der Waals surface area contributed by atoms with Crippen LogP contribution in [0.5, 0.6) is 0 Å². The lowest BCUT2D eigenvalue weighted by Gasteiger charge is -2.17. The predicted molar refractivity (Wildman–Crippen MR) is 53.0 cm³/mol. The van der Waals surface area contributed by atoms with E-state index < -0.39 is 30.8 Å². The summed E-state index contributed by atoms with van der Waals surface area (Å²) in [5, 5.41) is 1.98. The summed E-state index contributed by atoms with van der Waals surface area (Å²) in [6.45, 7) is 1.85. The second-order valence-corrected chi connectivity index (χ2v) is 3.92. The normalized spacial score (nSPS) is 13.3. The zero-order chi connectivity index (χ0) is 13.6. The number of amides is 2. The van der Waals surface area contributed by atoms with Crippen LogP contribution in [0.3, 0.4) is 0 Å². The third-order valence-electron chi connectivity index (χ3n) is 1.71. The van der Waals surface area contributed by atoms with Gasteiger partial charge in [0, 0.05) is 0 Å². The Bertz CT molecular complexity index is 279. The number of halogens is 3. The number of alkyl carbamates (subject to hydrolysis) is 1. The number of hydrogen-bond acceptors (Lipinski definition) is 3. The molecule has 0 aromatic carbocycles. The first kappa shape index (κ1) is 15.5. The molecule has 0 aliphatic heterocycles. The third-order valence-corrected chi connectivity index (χ3v) is 1.71. The SMILES string of the molecule is CC(C)CC(NC(=O)OCC(F)(F)F)C(N)=O. The van der Waals surface area contributed by atoms with E-state index >= 15 is 0 Å². The molecule has 3 N–H and O–H groups in total. The molecular weight excluding hydrogens is 241 g/mol. The molecule has 8 heteroatoms. The van der Waals surface area contributed by atoms with Gasteiger partial charge in [0.15, 0.2) is 6.61 Å². The molecule has 2 amide bonds. The maximum atomic E-state index is 11.7. The van der Waals surface area contributed by atoms with Gasteiger partial charge >= 0.3 is 12.3 Å². The lowest BCUT2D eigenvalue weighted by Crippen LogP contribution is -2.45. The van der Waals surface area contributed by atoms with E-state index in [1.54, 1.807) is 13.8 Å². The van der Waals surface area contributed by atoms with Crippen molar-refractivity contribution in [2.24, 2.45) is 11.7 Å². The van der Waals surface area contributed by atoms with Gasteiger partial charge in [-0.3, -0.25) is 4.79 Å². The highest BCUT2D eigenvalue weighted by Crippen LogP contribution is 2.14. The lowest BCUT2D eigenvalue weighted by atomic mass is 10.0. The maximum Gasteiger partial charge on any atom is 0.422 e. The molecule has 1 atom stereocenters. The number of hydrogen-bond donors (Lipinski definition) is 2. The van der Waals surface area contributed by atoms with Crippen LogP contribution in [-0.2, 0) is 9.53 Å². The zero-order valence-corrected chi connectivity index (χ0v) is 9.50. The summed E-state index contributed by atoms with van der Waals surface area (Å²) in [6.07, 6.45) is -5.68. The van der Waals surface area contributed by atoms with Crippen molar-refractivity contribution in [1.82, 2.24) is 5.32 Å². The van der Waals surface area contributed by atoms with E-state index in [0.717, 1.165) is 0 Å². The Labute approximate surface area is 96.5 Å². The molecule has 0 spiro atoms. The Morgan fingerprint density at radius 1 is 1.35 bits per heavy atom. The lowest BCUT2D eigenvalue weighted by molar-refractivity contribution is -0.160. The Balaban J connectivity index is 4.18. The second kappa shape index (κ2) is 6.31. The van der Waals surface area contributed by atoms with E-state index in [0.29, 0.717) is 0 Å². The van der Waals surface area contributed by atoms with Crippen molar-refractivity contribution in [2.75, 3.05) is 6.61 Å². The summed E-state index contributed by atoms with van der Waals surface area (Å²) in [4.78, 5) is 21.8. The van der Waals surface area contributed by atoms with Crippen LogP contribution in [0.25, 0.3) is 0 Å². The molecule has 0 aromatic rings. The summed E-state index contributed by atoms with van der Waals surface area (Å²) in [5.41, 5.74) is 4.98. The number of alkyl halides is 3. The van der Waals surface area contributed by atoms with Gasteiger partial charge < -0.3 is 15.8 Å². The average molecular weight is 256 g/mol. The van der Waals surface area contributed by atoms with Gasteiger partial charge in [0.05, 0.1) is 0 Å². The van der Waals surface area contributed by atoms with Crippen LogP contribution in [-0.4, -0.2) is 30.8 Å². The van der Waals surface area contributed by atoms with Gasteiger partial charge in [0.2, 0.25) is 5.91 Å². The summed E-state index contributed by atoms with van der Waals surface area (Å²) < 4.78 is 39.1. The molecule has 0 rings (SSSR count). The summed E-state index contributed by atoms with van der Waals surface area (Å²) in [5.74, 6) is -0.766. The van der Waals surface area contributed by atoms with E-state index in [9.17, 15) is 22.8 Å². The van der Waals surface area contributed by atoms with Gasteiger partial charge in [0.25, 0.3) is 0 Å². The van der Waals surface area contributed by atoms with Crippen molar-refractivity contribution in [3.63, 3.8) is 0 Å². The first-order valence-electron chi connectivity index (χ1n) is 4.91. The highest BCUT2D eigenvalue weighted by atomic mass is 19.4. The Kier molecular flexibility index (Phi) is 5.77. The molecule has 1 unspecified atom stereocenters. The molecule has 0 bridgehead atoms. The van der Waals surface area contributed by atoms with Gasteiger partial charge in [0.1, 0.15) is 6.04 Å². The van der Waals surface area contributed by atoms with Crippen LogP contribution in [0.4, 0.5) is 18.0 Å². The average Bonchev–Trinajstić information content (AvgIpc) is 2.11. The van der Waals surface area contributed by atoms with Crippen LogP contribution in [0.15, 0.2) is 0 Å². The van der Waals surface area contributed by atoms with E-state index in [4.69, 9.17) is 5.73 Å². The first-order valence-corrected chi connectivity index (χ1v) is 4.91. The molecule has 0 saturated heterocycles. The highest BCUT2D eigenvalue weighted by molar-refractivity contribution is 5.84. The number of ether oxygens (including phenoxy) is 1. The fourth-order valence-corrected chi connectivity index (χ4v) is 1.05. The summed E-state index contributed by atoms with van der Waals surface area (Å²) >= 11 is 0. The number of rotatable bonds is 5. The van der Waals surface area contributed by atoms with E-state index in [1.807, 2.05) is 5.32 Å². The number of nitrogens with one attached hydrogen (secondary N) is 1. The number of carbonyl (C=O) groups is 2. The van der Waals surface area contributed by atoms with E-state index in [-0.39, 0.29) is 12.3 Å². The quantitative estimate of drug-likeness (QED) is 0.774. The molecule has 0 saturated carbocycles. The van der Waals surface area contributed by atoms with Gasteiger partial charge in [-0.05, 0) is 12.3 Å². The molecule has 5 nitrogen and oxygen atoms in total. The minimum atomic E-state index is -4.60. The minimum absolute atomic E-state index is 0.0513. The fourth-order valence-electron chi connectivity index (χ4n) is 1.05. The van der Waals surface area contributed by atoms with Crippen LogP contribution in [0.2, 0.25) is 0 Å². The van der Waals surface area contributed by atoms with Gasteiger partial charge in [-0.2, -0.15) is 13.2 Å². The first-order chi connectivity index (χ1) is 7.61. The second-order valence-electron chi connectivity index (χ2n) is 3.92. The molecule has 0 fully saturated rings. The summed E-state index contributed by atoms with van der Waals surface area (Å²) in [6, 6.07) is -1.03. The molecule has 0 heterocycles. The van der Waals surface area contributed by atoms with Crippen LogP contribution >= 0.6 is 0 Å². The van der Waals surface area contributed by atoms with Crippen molar-refractivity contribution in [3.8, 4) is 0 Å².